The van der Waals surface area contributed by atoms with Gasteiger partial charge in [0.15, 0.2) is 0 Å². The van der Waals surface area contributed by atoms with Crippen LogP contribution in [-0.2, 0) is 4.79 Å². The predicted molar refractivity (Wildman–Crippen MR) is 117 cm³/mol. The first-order valence-corrected chi connectivity index (χ1v) is 9.89. The Kier molecular flexibility index (Phi) is 6.47. The van der Waals surface area contributed by atoms with Crippen molar-refractivity contribution >= 4 is 17.8 Å². The summed E-state index contributed by atoms with van der Waals surface area (Å²) in [5.74, 6) is -0.267. The Balaban J connectivity index is 1.39. The average molecular weight is 428 g/mol. The largest absolute Gasteiger partial charge is 0.345 e. The van der Waals surface area contributed by atoms with Crippen molar-refractivity contribution in [1.82, 2.24) is 25.9 Å². The summed E-state index contributed by atoms with van der Waals surface area (Å²) in [5.41, 5.74) is 7.19. The van der Waals surface area contributed by atoms with Gasteiger partial charge in [0.1, 0.15) is 0 Å². The fraction of sp³-hybridized carbons (Fsp3) is 0.0870. The lowest BCUT2D eigenvalue weighted by molar-refractivity contribution is -0.121. The molecule has 2 amide bonds. The Bertz CT molecular complexity index is 1170. The molecule has 0 fully saturated rings. The van der Waals surface area contributed by atoms with Crippen LogP contribution in [0.25, 0.3) is 11.4 Å². The lowest BCUT2D eigenvalue weighted by atomic mass is 10.0. The van der Waals surface area contributed by atoms with E-state index in [-0.39, 0.29) is 24.2 Å². The molecule has 2 heterocycles. The van der Waals surface area contributed by atoms with E-state index < -0.39 is 6.04 Å². The highest BCUT2D eigenvalue weighted by molar-refractivity contribution is 5.94. The van der Waals surface area contributed by atoms with Crippen LogP contribution in [0, 0.1) is 0 Å². The SMILES string of the molecule is O=C(CC(NC(=O)c1ccccc1)c1ccccc1)NNc1nc(-c2ccncc2)no1. The summed E-state index contributed by atoms with van der Waals surface area (Å²) in [5, 5.41) is 6.78. The Morgan fingerprint density at radius 1 is 0.906 bits per heavy atom. The van der Waals surface area contributed by atoms with Gasteiger partial charge in [-0.25, -0.2) is 5.43 Å². The van der Waals surface area contributed by atoms with Gasteiger partial charge < -0.3 is 9.84 Å². The van der Waals surface area contributed by atoms with Crippen molar-refractivity contribution in [3.8, 4) is 11.4 Å². The van der Waals surface area contributed by atoms with Gasteiger partial charge in [0.05, 0.1) is 12.5 Å². The number of anilines is 1. The maximum atomic E-state index is 12.6. The van der Waals surface area contributed by atoms with Gasteiger partial charge in [-0.3, -0.25) is 20.0 Å². The van der Waals surface area contributed by atoms with E-state index in [9.17, 15) is 9.59 Å². The number of rotatable bonds is 8. The Hall–Kier alpha value is -4.53. The number of benzene rings is 2. The molecule has 9 nitrogen and oxygen atoms in total. The molecule has 1 unspecified atom stereocenters. The molecule has 3 N–H and O–H groups in total. The van der Waals surface area contributed by atoms with Gasteiger partial charge in [-0.15, -0.1) is 0 Å². The summed E-state index contributed by atoms with van der Waals surface area (Å²) in [6.07, 6.45) is 3.24. The molecule has 0 aliphatic heterocycles. The molecule has 160 valence electrons. The normalized spacial score (nSPS) is 11.4. The van der Waals surface area contributed by atoms with Gasteiger partial charge in [0.2, 0.25) is 11.7 Å². The molecule has 0 saturated heterocycles. The highest BCUT2D eigenvalue weighted by atomic mass is 16.5. The van der Waals surface area contributed by atoms with Crippen molar-refractivity contribution in [3.63, 3.8) is 0 Å². The molecule has 4 aromatic rings. The van der Waals surface area contributed by atoms with Crippen LogP contribution in [0.2, 0.25) is 0 Å². The van der Waals surface area contributed by atoms with Gasteiger partial charge in [-0.05, 0) is 29.8 Å². The molecule has 2 aromatic carbocycles. The number of amides is 2. The van der Waals surface area contributed by atoms with E-state index >= 15 is 0 Å². The molecule has 2 aromatic heterocycles. The number of carbonyl (C=O) groups is 2. The summed E-state index contributed by atoms with van der Waals surface area (Å²) < 4.78 is 5.10. The van der Waals surface area contributed by atoms with Crippen molar-refractivity contribution in [1.29, 1.82) is 0 Å². The lowest BCUT2D eigenvalue weighted by Gasteiger charge is -2.19. The molecule has 0 radical (unpaired) electrons. The molecular formula is C23H20N6O3. The highest BCUT2D eigenvalue weighted by Crippen LogP contribution is 2.18. The van der Waals surface area contributed by atoms with Crippen molar-refractivity contribution in [2.75, 3.05) is 5.43 Å². The van der Waals surface area contributed by atoms with E-state index in [4.69, 9.17) is 4.52 Å². The molecule has 4 rings (SSSR count). The topological polar surface area (TPSA) is 122 Å². The van der Waals surface area contributed by atoms with Crippen molar-refractivity contribution in [3.05, 3.63) is 96.3 Å². The third kappa shape index (κ3) is 5.33. The molecule has 0 spiro atoms. The molecule has 32 heavy (non-hydrogen) atoms. The van der Waals surface area contributed by atoms with Gasteiger partial charge in [0, 0.05) is 23.5 Å². The maximum absolute atomic E-state index is 12.6. The van der Waals surface area contributed by atoms with Gasteiger partial charge >= 0.3 is 6.01 Å². The van der Waals surface area contributed by atoms with E-state index in [0.29, 0.717) is 11.4 Å². The number of pyridine rings is 1. The predicted octanol–water partition coefficient (Wildman–Crippen LogP) is 3.14. The van der Waals surface area contributed by atoms with E-state index in [0.717, 1.165) is 11.1 Å². The minimum Gasteiger partial charge on any atom is -0.345 e. The Morgan fingerprint density at radius 3 is 2.31 bits per heavy atom. The smallest absolute Gasteiger partial charge is 0.340 e. The number of hydrogen-bond donors (Lipinski definition) is 3. The number of carbonyl (C=O) groups excluding carboxylic acids is 2. The molecular weight excluding hydrogens is 408 g/mol. The second kappa shape index (κ2) is 9.98. The van der Waals surface area contributed by atoms with E-state index in [1.165, 1.54) is 0 Å². The van der Waals surface area contributed by atoms with Crippen molar-refractivity contribution < 1.29 is 14.1 Å². The molecule has 0 saturated carbocycles. The van der Waals surface area contributed by atoms with Crippen LogP contribution in [0.4, 0.5) is 6.01 Å². The third-order valence-electron chi connectivity index (χ3n) is 4.61. The summed E-state index contributed by atoms with van der Waals surface area (Å²) >= 11 is 0. The minimum atomic E-state index is -0.527. The van der Waals surface area contributed by atoms with Gasteiger partial charge in [-0.1, -0.05) is 53.7 Å². The Labute approximate surface area is 183 Å². The minimum absolute atomic E-state index is 0.000928. The zero-order valence-corrected chi connectivity index (χ0v) is 16.9. The van der Waals surface area contributed by atoms with Crippen LogP contribution in [0.15, 0.2) is 89.7 Å². The maximum Gasteiger partial charge on any atom is 0.340 e. The zero-order valence-electron chi connectivity index (χ0n) is 16.9. The first-order chi connectivity index (χ1) is 15.7. The molecule has 9 heteroatoms. The van der Waals surface area contributed by atoms with E-state index in [1.807, 2.05) is 36.4 Å². The summed E-state index contributed by atoms with van der Waals surface area (Å²) in [7, 11) is 0. The fourth-order valence-corrected chi connectivity index (χ4v) is 3.02. The van der Waals surface area contributed by atoms with Crippen LogP contribution < -0.4 is 16.2 Å². The van der Waals surface area contributed by atoms with Crippen LogP contribution >= 0.6 is 0 Å². The summed E-state index contributed by atoms with van der Waals surface area (Å²) in [4.78, 5) is 33.3. The van der Waals surface area contributed by atoms with E-state index in [1.54, 1.807) is 48.8 Å². The number of hydrogen-bond acceptors (Lipinski definition) is 7. The fourth-order valence-electron chi connectivity index (χ4n) is 3.02. The molecule has 0 bridgehead atoms. The second-order valence-corrected chi connectivity index (χ2v) is 6.84. The van der Waals surface area contributed by atoms with E-state index in [2.05, 4.69) is 31.3 Å². The van der Waals surface area contributed by atoms with Crippen LogP contribution in [0.3, 0.4) is 0 Å². The molecule has 0 aliphatic rings. The van der Waals surface area contributed by atoms with Gasteiger partial charge in [-0.2, -0.15) is 4.98 Å². The second-order valence-electron chi connectivity index (χ2n) is 6.84. The number of aromatic nitrogens is 3. The number of nitrogens with one attached hydrogen (secondary N) is 3. The van der Waals surface area contributed by atoms with Crippen LogP contribution in [-0.4, -0.2) is 26.9 Å². The van der Waals surface area contributed by atoms with Crippen molar-refractivity contribution in [2.45, 2.75) is 12.5 Å². The summed E-state index contributed by atoms with van der Waals surface area (Å²) in [6.45, 7) is 0. The Morgan fingerprint density at radius 2 is 1.59 bits per heavy atom. The quantitative estimate of drug-likeness (QED) is 0.369. The average Bonchev–Trinajstić information content (AvgIpc) is 3.33. The van der Waals surface area contributed by atoms with Crippen LogP contribution in [0.1, 0.15) is 28.4 Å². The number of nitrogens with zero attached hydrogens (tertiary/aromatic N) is 3. The first-order valence-electron chi connectivity index (χ1n) is 9.89. The monoisotopic (exact) mass is 428 g/mol. The standard InChI is InChI=1S/C23H20N6O3/c30-20(27-28-23-26-21(29-32-23)17-11-13-24-14-12-17)15-19(16-7-3-1-4-8-16)25-22(31)18-9-5-2-6-10-18/h1-14,19H,15H2,(H,25,31)(H,27,30)(H,26,28,29). The number of hydrazine groups is 1. The zero-order chi connectivity index (χ0) is 22.2. The van der Waals surface area contributed by atoms with Crippen molar-refractivity contribution in [2.24, 2.45) is 0 Å². The molecule has 0 aliphatic carbocycles. The first kappa shape index (κ1) is 20.7. The van der Waals surface area contributed by atoms with Gasteiger partial charge in [0.25, 0.3) is 5.91 Å². The van der Waals surface area contributed by atoms with Crippen LogP contribution in [0.5, 0.6) is 0 Å². The highest BCUT2D eigenvalue weighted by Gasteiger charge is 2.19. The summed E-state index contributed by atoms with van der Waals surface area (Å²) in [6, 6.07) is 21.1. The molecule has 1 atom stereocenters. The third-order valence-corrected chi connectivity index (χ3v) is 4.61. The lowest BCUT2D eigenvalue weighted by Crippen LogP contribution is -2.36.